The van der Waals surface area contributed by atoms with Gasteiger partial charge >= 0.3 is 5.97 Å². The molecule has 1 saturated heterocycles. The number of hydrogen-bond donors (Lipinski definition) is 2. The molecular formula is C22H21N3O6S3. The second-order valence-corrected chi connectivity index (χ2v) is 10.4. The summed E-state index contributed by atoms with van der Waals surface area (Å²) >= 11 is 6.44. The number of thiocarbonyl (C=S) groups is 1. The number of amides is 2. The Morgan fingerprint density at radius 2 is 1.79 bits per heavy atom. The number of nitrogens with zero attached hydrogens (tertiary/aromatic N) is 1. The minimum Gasteiger partial charge on any atom is -0.465 e. The average Bonchev–Trinajstić information content (AvgIpc) is 3.10. The molecule has 34 heavy (non-hydrogen) atoms. The highest BCUT2D eigenvalue weighted by Crippen LogP contribution is 2.32. The van der Waals surface area contributed by atoms with Crippen LogP contribution in [0.1, 0.15) is 28.8 Å². The standard InChI is InChI=1S/C22H21N3O6S3/c1-31-21(28)16-11-9-15(10-12-16)14-18-20(27)25(22(32)33-18)13-5-8-19(26)23-24-34(29,30)17-6-3-2-4-7-17/h2-4,6-7,9-12,14,24H,5,8,13H2,1H3,(H,23,26). The molecule has 2 aromatic rings. The first-order valence-corrected chi connectivity index (χ1v) is 12.7. The number of esters is 1. The van der Waals surface area contributed by atoms with Crippen molar-refractivity contribution in [2.24, 2.45) is 0 Å². The second kappa shape index (κ2) is 11.4. The Balaban J connectivity index is 1.50. The van der Waals surface area contributed by atoms with E-state index in [1.165, 1.54) is 24.1 Å². The number of rotatable bonds is 9. The van der Waals surface area contributed by atoms with Crippen LogP contribution in [-0.4, -0.2) is 49.1 Å². The van der Waals surface area contributed by atoms with Crippen LogP contribution in [0.5, 0.6) is 0 Å². The van der Waals surface area contributed by atoms with Gasteiger partial charge in [0, 0.05) is 13.0 Å². The fraction of sp³-hybridized carbons (Fsp3) is 0.182. The van der Waals surface area contributed by atoms with E-state index in [4.69, 9.17) is 12.2 Å². The number of carbonyl (C=O) groups is 3. The fourth-order valence-electron chi connectivity index (χ4n) is 2.92. The molecule has 12 heteroatoms. The first kappa shape index (κ1) is 25.6. The highest BCUT2D eigenvalue weighted by Gasteiger charge is 2.31. The number of nitrogens with one attached hydrogen (secondary N) is 2. The van der Waals surface area contributed by atoms with Crippen molar-refractivity contribution in [3.8, 4) is 0 Å². The number of methoxy groups -OCH3 is 1. The molecule has 1 heterocycles. The molecule has 2 aromatic carbocycles. The summed E-state index contributed by atoms with van der Waals surface area (Å²) in [5.41, 5.74) is 3.28. The van der Waals surface area contributed by atoms with Crippen molar-refractivity contribution in [1.82, 2.24) is 15.2 Å². The smallest absolute Gasteiger partial charge is 0.337 e. The van der Waals surface area contributed by atoms with Gasteiger partial charge in [0.15, 0.2) is 0 Å². The highest BCUT2D eigenvalue weighted by atomic mass is 32.2. The number of hydrazine groups is 1. The van der Waals surface area contributed by atoms with Crippen LogP contribution >= 0.6 is 24.0 Å². The maximum Gasteiger partial charge on any atom is 0.337 e. The lowest BCUT2D eigenvalue weighted by atomic mass is 10.1. The van der Waals surface area contributed by atoms with Crippen molar-refractivity contribution in [3.05, 3.63) is 70.6 Å². The first-order valence-electron chi connectivity index (χ1n) is 10.0. The molecule has 1 aliphatic heterocycles. The Morgan fingerprint density at radius 1 is 1.12 bits per heavy atom. The Labute approximate surface area is 206 Å². The summed E-state index contributed by atoms with van der Waals surface area (Å²) in [4.78, 5) is 40.2. The normalized spacial score (nSPS) is 15.0. The molecule has 2 amide bonds. The van der Waals surface area contributed by atoms with E-state index in [2.05, 4.69) is 10.2 Å². The summed E-state index contributed by atoms with van der Waals surface area (Å²) in [6.45, 7) is 0.210. The minimum absolute atomic E-state index is 0.0115. The molecule has 1 aliphatic rings. The average molecular weight is 520 g/mol. The van der Waals surface area contributed by atoms with E-state index >= 15 is 0 Å². The molecule has 0 bridgehead atoms. The largest absolute Gasteiger partial charge is 0.465 e. The van der Waals surface area contributed by atoms with Gasteiger partial charge in [-0.2, -0.15) is 0 Å². The first-order chi connectivity index (χ1) is 16.2. The van der Waals surface area contributed by atoms with Gasteiger partial charge in [0.1, 0.15) is 4.32 Å². The lowest BCUT2D eigenvalue weighted by Crippen LogP contribution is -2.41. The van der Waals surface area contributed by atoms with Gasteiger partial charge in [-0.3, -0.25) is 19.9 Å². The zero-order valence-electron chi connectivity index (χ0n) is 18.0. The van der Waals surface area contributed by atoms with Crippen molar-refractivity contribution >= 4 is 62.2 Å². The highest BCUT2D eigenvalue weighted by molar-refractivity contribution is 8.26. The fourth-order valence-corrected chi connectivity index (χ4v) is 5.11. The number of hydrogen-bond acceptors (Lipinski definition) is 8. The third-order valence-electron chi connectivity index (χ3n) is 4.67. The second-order valence-electron chi connectivity index (χ2n) is 7.02. The number of benzene rings is 2. The third kappa shape index (κ3) is 6.50. The van der Waals surface area contributed by atoms with Crippen LogP contribution in [0.4, 0.5) is 0 Å². The Hall–Kier alpha value is -3.06. The molecule has 0 aromatic heterocycles. The number of ether oxygens (including phenoxy) is 1. The predicted molar refractivity (Wildman–Crippen MR) is 132 cm³/mol. The van der Waals surface area contributed by atoms with Crippen molar-refractivity contribution in [2.45, 2.75) is 17.7 Å². The van der Waals surface area contributed by atoms with E-state index in [0.717, 1.165) is 17.3 Å². The van der Waals surface area contributed by atoms with Crippen LogP contribution < -0.4 is 10.3 Å². The topological polar surface area (TPSA) is 122 Å². The summed E-state index contributed by atoms with van der Waals surface area (Å²) in [5.74, 6) is -1.27. The quantitative estimate of drug-likeness (QED) is 0.224. The molecule has 3 rings (SSSR count). The molecule has 2 N–H and O–H groups in total. The number of thioether (sulfide) groups is 1. The van der Waals surface area contributed by atoms with Gasteiger partial charge in [-0.25, -0.2) is 13.2 Å². The van der Waals surface area contributed by atoms with E-state index in [0.29, 0.717) is 14.8 Å². The summed E-state index contributed by atoms with van der Waals surface area (Å²) in [7, 11) is -2.56. The predicted octanol–water partition coefficient (Wildman–Crippen LogP) is 2.46. The molecule has 9 nitrogen and oxygen atoms in total. The Kier molecular flexibility index (Phi) is 8.56. The van der Waals surface area contributed by atoms with Gasteiger partial charge in [-0.15, -0.1) is 4.83 Å². The zero-order valence-corrected chi connectivity index (χ0v) is 20.5. The van der Waals surface area contributed by atoms with E-state index < -0.39 is 21.9 Å². The van der Waals surface area contributed by atoms with E-state index in [1.54, 1.807) is 48.5 Å². The number of carbonyl (C=O) groups excluding carboxylic acids is 3. The minimum atomic E-state index is -3.86. The van der Waals surface area contributed by atoms with Crippen LogP contribution in [0, 0.1) is 0 Å². The lowest BCUT2D eigenvalue weighted by molar-refractivity contribution is -0.124. The Bertz CT molecular complexity index is 1230. The van der Waals surface area contributed by atoms with Gasteiger partial charge in [0.2, 0.25) is 5.91 Å². The van der Waals surface area contributed by atoms with Gasteiger partial charge < -0.3 is 4.74 Å². The summed E-state index contributed by atoms with van der Waals surface area (Å²) < 4.78 is 29.3. The molecule has 0 aliphatic carbocycles. The molecular weight excluding hydrogens is 498 g/mol. The summed E-state index contributed by atoms with van der Waals surface area (Å²) in [6, 6.07) is 14.2. The Morgan fingerprint density at radius 3 is 2.44 bits per heavy atom. The maximum absolute atomic E-state index is 12.7. The van der Waals surface area contributed by atoms with Crippen LogP contribution in [0.25, 0.3) is 6.08 Å². The maximum atomic E-state index is 12.7. The molecule has 0 spiro atoms. The van der Waals surface area contributed by atoms with Crippen molar-refractivity contribution < 1.29 is 27.5 Å². The van der Waals surface area contributed by atoms with Gasteiger partial charge in [0.05, 0.1) is 22.5 Å². The van der Waals surface area contributed by atoms with E-state index in [9.17, 15) is 22.8 Å². The van der Waals surface area contributed by atoms with Gasteiger partial charge in [0.25, 0.3) is 15.9 Å². The van der Waals surface area contributed by atoms with Crippen LogP contribution in [0.2, 0.25) is 0 Å². The third-order valence-corrected chi connectivity index (χ3v) is 7.31. The lowest BCUT2D eigenvalue weighted by Gasteiger charge is -2.14. The van der Waals surface area contributed by atoms with Crippen LogP contribution in [0.3, 0.4) is 0 Å². The summed E-state index contributed by atoms with van der Waals surface area (Å²) in [5, 5.41) is 0. The SMILES string of the molecule is COC(=O)c1ccc(C=C2SC(=S)N(CCCC(=O)NNS(=O)(=O)c3ccccc3)C2=O)cc1. The molecule has 0 atom stereocenters. The van der Waals surface area contributed by atoms with Gasteiger partial charge in [-0.05, 0) is 42.3 Å². The molecule has 0 radical (unpaired) electrons. The van der Waals surface area contributed by atoms with Crippen molar-refractivity contribution in [2.75, 3.05) is 13.7 Å². The van der Waals surface area contributed by atoms with Crippen molar-refractivity contribution in [1.29, 1.82) is 0 Å². The molecule has 1 fully saturated rings. The molecule has 0 unspecified atom stereocenters. The van der Waals surface area contributed by atoms with E-state index in [-0.39, 0.29) is 30.2 Å². The van der Waals surface area contributed by atoms with Crippen LogP contribution in [0.15, 0.2) is 64.4 Å². The zero-order chi connectivity index (χ0) is 24.7. The van der Waals surface area contributed by atoms with Gasteiger partial charge in [-0.1, -0.05) is 54.3 Å². The van der Waals surface area contributed by atoms with E-state index in [1.807, 2.05) is 4.83 Å². The molecule has 0 saturated carbocycles. The van der Waals surface area contributed by atoms with Crippen LogP contribution in [-0.2, 0) is 24.3 Å². The monoisotopic (exact) mass is 519 g/mol. The van der Waals surface area contributed by atoms with Crippen molar-refractivity contribution in [3.63, 3.8) is 0 Å². The number of sulfonamides is 1. The molecule has 178 valence electrons. The summed E-state index contributed by atoms with van der Waals surface area (Å²) in [6.07, 6.45) is 1.94.